The number of hydrogen-bond donors (Lipinski definition) is 1. The molecule has 0 aromatic heterocycles. The molecule has 0 unspecified atom stereocenters. The number of carbonyl (C=O) groups excluding carboxylic acids is 1. The van der Waals surface area contributed by atoms with Crippen LogP contribution in [0.25, 0.3) is 0 Å². The third kappa shape index (κ3) is 9.36. The lowest BCUT2D eigenvalue weighted by Gasteiger charge is -2.44. The molecule has 1 aliphatic heterocycles. The third-order valence-corrected chi connectivity index (χ3v) is 7.30. The molecule has 4 rings (SSSR count). The molecule has 1 heterocycles. The SMILES string of the molecule is CC(C)(C)OC(=O)NC1(CCc2ccc(OCCCc3ccc(C4CC4)cc3)c(C(F)(F)F)c2)COC(C)(C)OC1. The largest absolute Gasteiger partial charge is 0.493 e. The topological polar surface area (TPSA) is 66.0 Å². The Balaban J connectivity index is 1.38. The van der Waals surface area contributed by atoms with Gasteiger partial charge in [-0.1, -0.05) is 30.3 Å². The van der Waals surface area contributed by atoms with Crippen molar-refractivity contribution in [3.8, 4) is 5.75 Å². The Morgan fingerprint density at radius 3 is 2.20 bits per heavy atom. The van der Waals surface area contributed by atoms with Gasteiger partial charge in [-0.3, -0.25) is 0 Å². The summed E-state index contributed by atoms with van der Waals surface area (Å²) in [5.74, 6) is -0.320. The molecule has 0 bridgehead atoms. The summed E-state index contributed by atoms with van der Waals surface area (Å²) in [5, 5.41) is 2.85. The van der Waals surface area contributed by atoms with Gasteiger partial charge in [0.2, 0.25) is 0 Å². The second-order valence-corrected chi connectivity index (χ2v) is 12.7. The highest BCUT2D eigenvalue weighted by atomic mass is 19.4. The molecule has 0 atom stereocenters. The van der Waals surface area contributed by atoms with Crippen LogP contribution < -0.4 is 10.1 Å². The van der Waals surface area contributed by atoms with Crippen molar-refractivity contribution in [2.45, 2.75) is 102 Å². The van der Waals surface area contributed by atoms with E-state index in [0.29, 0.717) is 24.3 Å². The van der Waals surface area contributed by atoms with E-state index >= 15 is 0 Å². The van der Waals surface area contributed by atoms with Crippen LogP contribution in [0.15, 0.2) is 42.5 Å². The number of hydrogen-bond acceptors (Lipinski definition) is 5. The summed E-state index contributed by atoms with van der Waals surface area (Å²) in [6, 6.07) is 12.6. The van der Waals surface area contributed by atoms with Gasteiger partial charge in [-0.15, -0.1) is 0 Å². The number of nitrogens with one attached hydrogen (secondary N) is 1. The second-order valence-electron chi connectivity index (χ2n) is 12.7. The van der Waals surface area contributed by atoms with Crippen molar-refractivity contribution < 1.29 is 36.9 Å². The first-order chi connectivity index (χ1) is 19.1. The molecule has 1 saturated heterocycles. The molecular weight excluding hydrogens is 535 g/mol. The molecule has 1 N–H and O–H groups in total. The Kier molecular flexibility index (Phi) is 9.29. The lowest BCUT2D eigenvalue weighted by atomic mass is 9.91. The van der Waals surface area contributed by atoms with Crippen LogP contribution in [0, 0.1) is 0 Å². The second kappa shape index (κ2) is 12.2. The van der Waals surface area contributed by atoms with Crippen molar-refractivity contribution in [3.63, 3.8) is 0 Å². The van der Waals surface area contributed by atoms with Gasteiger partial charge in [0.25, 0.3) is 0 Å². The number of amides is 1. The molecule has 1 aliphatic carbocycles. The molecular formula is C32H42F3NO5. The van der Waals surface area contributed by atoms with Crippen LogP contribution in [-0.4, -0.2) is 42.8 Å². The molecule has 2 aliphatic rings. The summed E-state index contributed by atoms with van der Waals surface area (Å²) in [6.07, 6.45) is -0.824. The lowest BCUT2D eigenvalue weighted by molar-refractivity contribution is -0.271. The van der Waals surface area contributed by atoms with Crippen molar-refractivity contribution in [1.82, 2.24) is 5.32 Å². The fraction of sp³-hybridized carbons (Fsp3) is 0.594. The quantitative estimate of drug-likeness (QED) is 0.295. The van der Waals surface area contributed by atoms with Crippen LogP contribution in [-0.2, 0) is 33.2 Å². The molecule has 1 amide bonds. The highest BCUT2D eigenvalue weighted by Crippen LogP contribution is 2.40. The van der Waals surface area contributed by atoms with Crippen molar-refractivity contribution in [2.75, 3.05) is 19.8 Å². The molecule has 0 radical (unpaired) electrons. The smallest absolute Gasteiger partial charge is 0.419 e. The van der Waals surface area contributed by atoms with Gasteiger partial charge in [0, 0.05) is 0 Å². The van der Waals surface area contributed by atoms with Crippen LogP contribution in [0.5, 0.6) is 5.75 Å². The molecule has 2 aromatic carbocycles. The Hall–Kier alpha value is -2.78. The molecule has 0 spiro atoms. The number of halogens is 3. The van der Waals surface area contributed by atoms with Gasteiger partial charge in [0.15, 0.2) is 5.79 Å². The average Bonchev–Trinajstić information content (AvgIpc) is 3.72. The predicted octanol–water partition coefficient (Wildman–Crippen LogP) is 7.57. The minimum atomic E-state index is -4.57. The van der Waals surface area contributed by atoms with E-state index in [4.69, 9.17) is 18.9 Å². The zero-order valence-corrected chi connectivity index (χ0v) is 24.7. The summed E-state index contributed by atoms with van der Waals surface area (Å²) in [5.41, 5.74) is 0.503. The number of alkyl carbamates (subject to hydrolysis) is 1. The van der Waals surface area contributed by atoms with E-state index in [9.17, 15) is 18.0 Å². The van der Waals surface area contributed by atoms with E-state index in [2.05, 4.69) is 29.6 Å². The first kappa shape index (κ1) is 31.2. The van der Waals surface area contributed by atoms with Crippen molar-refractivity contribution in [2.24, 2.45) is 0 Å². The maximum atomic E-state index is 14.0. The molecule has 41 heavy (non-hydrogen) atoms. The van der Waals surface area contributed by atoms with Gasteiger partial charge in [0.1, 0.15) is 11.4 Å². The average molecular weight is 578 g/mol. The molecule has 2 aromatic rings. The maximum absolute atomic E-state index is 14.0. The van der Waals surface area contributed by atoms with Crippen molar-refractivity contribution in [3.05, 3.63) is 64.7 Å². The van der Waals surface area contributed by atoms with Gasteiger partial charge < -0.3 is 24.3 Å². The number of carbonyl (C=O) groups is 1. The first-order valence-corrected chi connectivity index (χ1v) is 14.3. The van der Waals surface area contributed by atoms with E-state index in [1.165, 1.54) is 24.5 Å². The van der Waals surface area contributed by atoms with Gasteiger partial charge in [-0.2, -0.15) is 13.2 Å². The normalized spacial score (nSPS) is 18.5. The van der Waals surface area contributed by atoms with Crippen LogP contribution in [0.2, 0.25) is 0 Å². The number of benzene rings is 2. The Morgan fingerprint density at radius 2 is 1.61 bits per heavy atom. The number of aryl methyl sites for hydroxylation is 2. The van der Waals surface area contributed by atoms with Gasteiger partial charge in [0.05, 0.1) is 30.9 Å². The molecule has 1 saturated carbocycles. The van der Waals surface area contributed by atoms with Gasteiger partial charge in [-0.05, 0) is 108 Å². The summed E-state index contributed by atoms with van der Waals surface area (Å²) < 4.78 is 64.7. The molecule has 9 heteroatoms. The fourth-order valence-electron chi connectivity index (χ4n) is 4.80. The number of rotatable bonds is 10. The van der Waals surface area contributed by atoms with E-state index in [-0.39, 0.29) is 32.0 Å². The highest BCUT2D eigenvalue weighted by molar-refractivity contribution is 5.69. The first-order valence-electron chi connectivity index (χ1n) is 14.3. The highest BCUT2D eigenvalue weighted by Gasteiger charge is 2.42. The fourth-order valence-corrected chi connectivity index (χ4v) is 4.80. The van der Waals surface area contributed by atoms with E-state index in [1.54, 1.807) is 40.7 Å². The van der Waals surface area contributed by atoms with Crippen LogP contribution in [0.3, 0.4) is 0 Å². The Morgan fingerprint density at radius 1 is 0.976 bits per heavy atom. The maximum Gasteiger partial charge on any atom is 0.419 e. The van der Waals surface area contributed by atoms with Crippen LogP contribution in [0.4, 0.5) is 18.0 Å². The Labute approximate surface area is 240 Å². The van der Waals surface area contributed by atoms with Crippen LogP contribution >= 0.6 is 0 Å². The number of alkyl halides is 3. The van der Waals surface area contributed by atoms with Gasteiger partial charge in [-0.25, -0.2) is 4.79 Å². The molecule has 2 fully saturated rings. The van der Waals surface area contributed by atoms with Gasteiger partial charge >= 0.3 is 12.3 Å². The summed E-state index contributed by atoms with van der Waals surface area (Å²) in [7, 11) is 0. The third-order valence-electron chi connectivity index (χ3n) is 7.30. The molecule has 6 nitrogen and oxygen atoms in total. The lowest BCUT2D eigenvalue weighted by Crippen LogP contribution is -2.61. The monoisotopic (exact) mass is 577 g/mol. The number of ether oxygens (including phenoxy) is 4. The van der Waals surface area contributed by atoms with E-state index in [1.807, 2.05) is 0 Å². The zero-order valence-electron chi connectivity index (χ0n) is 24.7. The zero-order chi connectivity index (χ0) is 29.9. The minimum Gasteiger partial charge on any atom is -0.493 e. The standard InChI is InChI=1S/C32H42F3NO5/c1-29(2,3)41-28(37)36-31(20-39-30(4,5)40-21-31)17-16-23-10-15-27(26(19-23)32(33,34)35)38-18-6-7-22-8-11-24(12-9-22)25-13-14-25/h8-12,15,19,25H,6-7,13-14,16-18,20-21H2,1-5H3,(H,36,37). The summed E-state index contributed by atoms with van der Waals surface area (Å²) in [4.78, 5) is 12.6. The van der Waals surface area contributed by atoms with Crippen LogP contribution in [0.1, 0.15) is 88.5 Å². The van der Waals surface area contributed by atoms with E-state index in [0.717, 1.165) is 18.1 Å². The summed E-state index contributed by atoms with van der Waals surface area (Å²) >= 11 is 0. The summed E-state index contributed by atoms with van der Waals surface area (Å²) in [6.45, 7) is 9.25. The van der Waals surface area contributed by atoms with Crippen molar-refractivity contribution in [1.29, 1.82) is 0 Å². The minimum absolute atomic E-state index is 0.135. The Bertz CT molecular complexity index is 1170. The predicted molar refractivity (Wildman–Crippen MR) is 150 cm³/mol. The van der Waals surface area contributed by atoms with Crippen molar-refractivity contribution >= 4 is 6.09 Å². The van der Waals surface area contributed by atoms with E-state index < -0.39 is 34.8 Å². The molecule has 226 valence electrons.